The van der Waals surface area contributed by atoms with Crippen molar-refractivity contribution in [3.05, 3.63) is 0 Å². The van der Waals surface area contributed by atoms with Gasteiger partial charge >= 0.3 is 0 Å². The zero-order chi connectivity index (χ0) is 12.1. The summed E-state index contributed by atoms with van der Waals surface area (Å²) in [5, 5.41) is 3.45. The molecule has 2 saturated heterocycles. The predicted octanol–water partition coefficient (Wildman–Crippen LogP) is 1.01. The van der Waals surface area contributed by atoms with Gasteiger partial charge in [0.2, 0.25) is 5.91 Å². The molecule has 2 aliphatic rings. The van der Waals surface area contributed by atoms with Gasteiger partial charge in [-0.05, 0) is 32.2 Å². The largest absolute Gasteiger partial charge is 0.381 e. The van der Waals surface area contributed by atoms with Gasteiger partial charge in [0, 0.05) is 38.3 Å². The summed E-state index contributed by atoms with van der Waals surface area (Å²) >= 11 is 0. The topological polar surface area (TPSA) is 41.6 Å². The minimum Gasteiger partial charge on any atom is -0.381 e. The Kier molecular flexibility index (Phi) is 4.80. The van der Waals surface area contributed by atoms with Crippen LogP contribution in [0.15, 0.2) is 0 Å². The van der Waals surface area contributed by atoms with Crippen molar-refractivity contribution in [2.45, 2.75) is 38.6 Å². The third kappa shape index (κ3) is 3.42. The van der Waals surface area contributed by atoms with Crippen molar-refractivity contribution in [2.24, 2.45) is 5.92 Å². The molecule has 2 rings (SSSR count). The van der Waals surface area contributed by atoms with E-state index in [1.165, 1.54) is 6.42 Å². The Labute approximate surface area is 104 Å². The van der Waals surface area contributed by atoms with E-state index in [9.17, 15) is 4.79 Å². The fraction of sp³-hybridized carbons (Fsp3) is 0.923. The molecule has 17 heavy (non-hydrogen) atoms. The molecule has 1 amide bonds. The molecular weight excluding hydrogens is 216 g/mol. The van der Waals surface area contributed by atoms with Crippen molar-refractivity contribution in [3.8, 4) is 0 Å². The second kappa shape index (κ2) is 6.36. The molecule has 1 unspecified atom stereocenters. The lowest BCUT2D eigenvalue weighted by atomic mass is 9.96. The Morgan fingerprint density at radius 2 is 2.12 bits per heavy atom. The van der Waals surface area contributed by atoms with E-state index in [-0.39, 0.29) is 5.92 Å². The normalized spacial score (nSPS) is 27.1. The Morgan fingerprint density at radius 1 is 1.35 bits per heavy atom. The maximum Gasteiger partial charge on any atom is 0.225 e. The van der Waals surface area contributed by atoms with Gasteiger partial charge in [0.15, 0.2) is 0 Å². The molecule has 0 bridgehead atoms. The molecule has 0 saturated carbocycles. The van der Waals surface area contributed by atoms with Gasteiger partial charge in [-0.2, -0.15) is 0 Å². The van der Waals surface area contributed by atoms with Crippen LogP contribution in [0.3, 0.4) is 0 Å². The molecule has 4 heteroatoms. The van der Waals surface area contributed by atoms with E-state index < -0.39 is 0 Å². The fourth-order valence-electron chi connectivity index (χ4n) is 2.84. The minimum atomic E-state index is 0.212. The lowest BCUT2D eigenvalue weighted by molar-refractivity contribution is -0.139. The Bertz CT molecular complexity index is 250. The highest BCUT2D eigenvalue weighted by Crippen LogP contribution is 2.20. The van der Waals surface area contributed by atoms with Crippen molar-refractivity contribution in [1.82, 2.24) is 10.2 Å². The van der Waals surface area contributed by atoms with Gasteiger partial charge in [0.05, 0.1) is 0 Å². The van der Waals surface area contributed by atoms with Gasteiger partial charge in [0.1, 0.15) is 0 Å². The number of carbonyl (C=O) groups is 1. The number of likely N-dealkylation sites (N-methyl/N-ethyl adjacent to an activating group) is 1. The van der Waals surface area contributed by atoms with Crippen molar-refractivity contribution in [1.29, 1.82) is 0 Å². The first kappa shape index (κ1) is 12.8. The number of nitrogens with zero attached hydrogens (tertiary/aromatic N) is 1. The van der Waals surface area contributed by atoms with Crippen molar-refractivity contribution in [2.75, 3.05) is 32.8 Å². The summed E-state index contributed by atoms with van der Waals surface area (Å²) < 4.78 is 5.31. The summed E-state index contributed by atoms with van der Waals surface area (Å²) in [5.41, 5.74) is 0. The van der Waals surface area contributed by atoms with E-state index in [4.69, 9.17) is 4.74 Å². The first-order valence-electron chi connectivity index (χ1n) is 6.91. The van der Waals surface area contributed by atoms with Crippen molar-refractivity contribution in [3.63, 3.8) is 0 Å². The van der Waals surface area contributed by atoms with Crippen molar-refractivity contribution >= 4 is 5.91 Å². The molecule has 0 aromatic rings. The van der Waals surface area contributed by atoms with E-state index >= 15 is 0 Å². The summed E-state index contributed by atoms with van der Waals surface area (Å²) in [4.78, 5) is 14.4. The molecular formula is C13H24N2O2. The summed E-state index contributed by atoms with van der Waals surface area (Å²) in [6.45, 7) is 6.45. The zero-order valence-corrected chi connectivity index (χ0v) is 10.8. The SMILES string of the molecule is CCNC1CCCN(C(=O)C2CCOCC2)C1. The standard InChI is InChI=1S/C13H24N2O2/c1-2-14-12-4-3-7-15(10-12)13(16)11-5-8-17-9-6-11/h11-12,14H,2-10H2,1H3. The summed E-state index contributed by atoms with van der Waals surface area (Å²) in [5.74, 6) is 0.569. The van der Waals surface area contributed by atoms with Crippen LogP contribution in [-0.2, 0) is 9.53 Å². The predicted molar refractivity (Wildman–Crippen MR) is 66.8 cm³/mol. The number of hydrogen-bond donors (Lipinski definition) is 1. The Morgan fingerprint density at radius 3 is 2.82 bits per heavy atom. The van der Waals surface area contributed by atoms with Crippen molar-refractivity contribution < 1.29 is 9.53 Å². The average Bonchev–Trinajstić information content (AvgIpc) is 2.40. The number of likely N-dealkylation sites (tertiary alicyclic amines) is 1. The van der Waals surface area contributed by atoms with Gasteiger partial charge in [-0.3, -0.25) is 4.79 Å². The second-order valence-corrected chi connectivity index (χ2v) is 5.07. The van der Waals surface area contributed by atoms with Gasteiger partial charge in [-0.1, -0.05) is 6.92 Å². The molecule has 0 aromatic heterocycles. The molecule has 2 fully saturated rings. The molecule has 2 heterocycles. The molecule has 2 aliphatic heterocycles. The monoisotopic (exact) mass is 240 g/mol. The molecule has 1 N–H and O–H groups in total. The molecule has 0 aliphatic carbocycles. The van der Waals surface area contributed by atoms with Crippen LogP contribution >= 0.6 is 0 Å². The highest BCUT2D eigenvalue weighted by molar-refractivity contribution is 5.79. The number of ether oxygens (including phenoxy) is 1. The van der Waals surface area contributed by atoms with Crippen LogP contribution in [0.2, 0.25) is 0 Å². The third-order valence-corrected chi connectivity index (χ3v) is 3.80. The zero-order valence-electron chi connectivity index (χ0n) is 10.8. The maximum absolute atomic E-state index is 12.3. The molecule has 0 aromatic carbocycles. The lowest BCUT2D eigenvalue weighted by Gasteiger charge is -2.36. The van der Waals surface area contributed by atoms with Crippen LogP contribution in [0.4, 0.5) is 0 Å². The van der Waals surface area contributed by atoms with Crippen LogP contribution in [0.25, 0.3) is 0 Å². The first-order valence-corrected chi connectivity index (χ1v) is 6.91. The summed E-state index contributed by atoms with van der Waals surface area (Å²) in [7, 11) is 0. The van der Waals surface area contributed by atoms with Gasteiger partial charge in [-0.25, -0.2) is 0 Å². The van der Waals surface area contributed by atoms with Crippen LogP contribution in [0.5, 0.6) is 0 Å². The smallest absolute Gasteiger partial charge is 0.225 e. The maximum atomic E-state index is 12.3. The van der Waals surface area contributed by atoms with Crippen LogP contribution in [-0.4, -0.2) is 49.7 Å². The number of nitrogens with one attached hydrogen (secondary N) is 1. The molecule has 4 nitrogen and oxygen atoms in total. The fourth-order valence-corrected chi connectivity index (χ4v) is 2.84. The second-order valence-electron chi connectivity index (χ2n) is 5.07. The number of hydrogen-bond acceptors (Lipinski definition) is 3. The molecule has 0 radical (unpaired) electrons. The van der Waals surface area contributed by atoms with E-state index in [0.29, 0.717) is 11.9 Å². The molecule has 98 valence electrons. The first-order chi connectivity index (χ1) is 8.31. The van der Waals surface area contributed by atoms with Crippen LogP contribution in [0, 0.1) is 5.92 Å². The van der Waals surface area contributed by atoms with Crippen LogP contribution in [0.1, 0.15) is 32.6 Å². The highest BCUT2D eigenvalue weighted by Gasteiger charge is 2.29. The highest BCUT2D eigenvalue weighted by atomic mass is 16.5. The average molecular weight is 240 g/mol. The van der Waals surface area contributed by atoms with E-state index in [0.717, 1.165) is 52.1 Å². The summed E-state index contributed by atoms with van der Waals surface area (Å²) in [6.07, 6.45) is 4.14. The Hall–Kier alpha value is -0.610. The van der Waals surface area contributed by atoms with Gasteiger partial charge in [0.25, 0.3) is 0 Å². The molecule has 0 spiro atoms. The number of amides is 1. The lowest BCUT2D eigenvalue weighted by Crippen LogP contribution is -2.50. The van der Waals surface area contributed by atoms with Gasteiger partial charge < -0.3 is 15.0 Å². The van der Waals surface area contributed by atoms with E-state index in [1.807, 2.05) is 0 Å². The third-order valence-electron chi connectivity index (χ3n) is 3.80. The Balaban J connectivity index is 1.85. The molecule has 1 atom stereocenters. The van der Waals surface area contributed by atoms with E-state index in [2.05, 4.69) is 17.1 Å². The van der Waals surface area contributed by atoms with Gasteiger partial charge in [-0.15, -0.1) is 0 Å². The summed E-state index contributed by atoms with van der Waals surface area (Å²) in [6, 6.07) is 0.498. The number of rotatable bonds is 3. The number of carbonyl (C=O) groups excluding carboxylic acids is 1. The van der Waals surface area contributed by atoms with E-state index in [1.54, 1.807) is 0 Å². The minimum absolute atomic E-state index is 0.212. The number of piperidine rings is 1. The van der Waals surface area contributed by atoms with Crippen LogP contribution < -0.4 is 5.32 Å². The quantitative estimate of drug-likeness (QED) is 0.800.